The molecule has 1 heterocycles. The van der Waals surface area contributed by atoms with Crippen LogP contribution in [0.4, 0.5) is 37.7 Å². The first kappa shape index (κ1) is 26.8. The first-order valence-corrected chi connectivity index (χ1v) is 11.2. The fraction of sp³-hybridized carbons (Fsp3) is 0.231. The Bertz CT molecular complexity index is 1320. The lowest BCUT2D eigenvalue weighted by Crippen LogP contribution is -2.41. The highest BCUT2D eigenvalue weighted by Gasteiger charge is 2.37. The number of hydrogen-bond acceptors (Lipinski definition) is 4. The molecule has 0 aliphatic carbocycles. The van der Waals surface area contributed by atoms with Gasteiger partial charge in [-0.25, -0.2) is 0 Å². The van der Waals surface area contributed by atoms with Gasteiger partial charge < -0.3 is 19.7 Å². The highest BCUT2D eigenvalue weighted by atomic mass is 19.4. The van der Waals surface area contributed by atoms with E-state index in [0.29, 0.717) is 23.6 Å². The van der Waals surface area contributed by atoms with Crippen LogP contribution in [0.2, 0.25) is 0 Å². The summed E-state index contributed by atoms with van der Waals surface area (Å²) in [4.78, 5) is 26.4. The van der Waals surface area contributed by atoms with Crippen LogP contribution in [0.5, 0.6) is 11.5 Å². The van der Waals surface area contributed by atoms with Crippen molar-refractivity contribution >= 4 is 23.2 Å². The van der Waals surface area contributed by atoms with Crippen molar-refractivity contribution in [2.24, 2.45) is 0 Å². The van der Waals surface area contributed by atoms with Gasteiger partial charge in [-0.05, 0) is 49.4 Å². The highest BCUT2D eigenvalue weighted by molar-refractivity contribution is 6.05. The molecule has 3 aromatic carbocycles. The van der Waals surface area contributed by atoms with Gasteiger partial charge in [0.25, 0.3) is 11.8 Å². The largest absolute Gasteiger partial charge is 0.492 e. The highest BCUT2D eigenvalue weighted by Crippen LogP contribution is 2.37. The second-order valence-corrected chi connectivity index (χ2v) is 8.43. The number of carbonyl (C=O) groups is 2. The Hall–Kier alpha value is -4.22. The number of benzene rings is 3. The van der Waals surface area contributed by atoms with Crippen LogP contribution in [0.15, 0.2) is 60.7 Å². The molecule has 4 rings (SSSR count). The Morgan fingerprint density at radius 1 is 0.947 bits per heavy atom. The summed E-state index contributed by atoms with van der Waals surface area (Å²) >= 11 is 0. The molecule has 12 heteroatoms. The van der Waals surface area contributed by atoms with Gasteiger partial charge in [-0.2, -0.15) is 26.3 Å². The maximum atomic E-state index is 13.1. The van der Waals surface area contributed by atoms with Crippen molar-refractivity contribution in [1.82, 2.24) is 0 Å². The second-order valence-electron chi connectivity index (χ2n) is 8.43. The van der Waals surface area contributed by atoms with Crippen molar-refractivity contribution in [3.63, 3.8) is 0 Å². The van der Waals surface area contributed by atoms with Crippen molar-refractivity contribution in [3.8, 4) is 11.5 Å². The molecule has 3 aromatic rings. The number of fused-ring (bicyclic) bond motifs is 1. The van der Waals surface area contributed by atoms with Crippen LogP contribution in [0.3, 0.4) is 0 Å². The number of rotatable bonds is 6. The van der Waals surface area contributed by atoms with Crippen LogP contribution >= 0.6 is 0 Å². The fourth-order valence-electron chi connectivity index (χ4n) is 3.71. The minimum Gasteiger partial charge on any atom is -0.492 e. The standard InChI is InChI=1S/C26H20F6N2O4/c1-15-2-5-20(6-3-15)37-9-8-34-21-7-4-19(13-22(21)38-14-23(34)35)33-24(36)16-10-17(25(27,28)29)12-18(11-16)26(30,31)32/h2-7,10-13H,8-9,14H2,1H3,(H,33,36). The van der Waals surface area contributed by atoms with E-state index in [9.17, 15) is 35.9 Å². The van der Waals surface area contributed by atoms with Gasteiger partial charge in [0.1, 0.15) is 18.1 Å². The Morgan fingerprint density at radius 2 is 1.58 bits per heavy atom. The minimum absolute atomic E-state index is 0.0462. The van der Waals surface area contributed by atoms with Crippen molar-refractivity contribution in [2.75, 3.05) is 30.0 Å². The maximum Gasteiger partial charge on any atom is 0.416 e. The molecule has 0 fully saturated rings. The van der Waals surface area contributed by atoms with Crippen molar-refractivity contribution in [3.05, 3.63) is 82.9 Å². The number of anilines is 2. The zero-order valence-electron chi connectivity index (χ0n) is 19.7. The smallest absolute Gasteiger partial charge is 0.416 e. The van der Waals surface area contributed by atoms with E-state index in [4.69, 9.17) is 9.47 Å². The minimum atomic E-state index is -5.09. The van der Waals surface area contributed by atoms with E-state index in [1.807, 2.05) is 19.1 Å². The Morgan fingerprint density at radius 3 is 2.18 bits per heavy atom. The Kier molecular flexibility index (Phi) is 7.25. The normalized spacial score (nSPS) is 13.6. The predicted octanol–water partition coefficient (Wildman–Crippen LogP) is 6.09. The van der Waals surface area contributed by atoms with E-state index in [-0.39, 0.29) is 43.2 Å². The van der Waals surface area contributed by atoms with Crippen LogP contribution in [0.25, 0.3) is 0 Å². The number of nitrogens with one attached hydrogen (secondary N) is 1. The molecule has 1 aliphatic heterocycles. The van der Waals surface area contributed by atoms with Crippen LogP contribution in [-0.4, -0.2) is 31.6 Å². The zero-order valence-corrected chi connectivity index (χ0v) is 19.7. The van der Waals surface area contributed by atoms with E-state index < -0.39 is 35.0 Å². The zero-order chi connectivity index (χ0) is 27.7. The Balaban J connectivity index is 1.50. The molecule has 0 saturated carbocycles. The lowest BCUT2D eigenvalue weighted by atomic mass is 10.0. The monoisotopic (exact) mass is 538 g/mol. The third-order valence-corrected chi connectivity index (χ3v) is 5.62. The topological polar surface area (TPSA) is 67.9 Å². The third-order valence-electron chi connectivity index (χ3n) is 5.62. The van der Waals surface area contributed by atoms with E-state index in [1.54, 1.807) is 12.1 Å². The van der Waals surface area contributed by atoms with E-state index in [1.165, 1.54) is 23.1 Å². The summed E-state index contributed by atoms with van der Waals surface area (Å²) in [7, 11) is 0. The second kappa shape index (κ2) is 10.3. The number of ether oxygens (including phenoxy) is 2. The molecule has 0 bridgehead atoms. The van der Waals surface area contributed by atoms with E-state index >= 15 is 0 Å². The fourth-order valence-corrected chi connectivity index (χ4v) is 3.71. The molecule has 6 nitrogen and oxygen atoms in total. The SMILES string of the molecule is Cc1ccc(OCCN2C(=O)COc3cc(NC(=O)c4cc(C(F)(F)F)cc(C(F)(F)F)c4)ccc32)cc1. The summed E-state index contributed by atoms with van der Waals surface area (Å²) in [6.07, 6.45) is -10.2. The Labute approximate surface area is 212 Å². The molecule has 0 radical (unpaired) electrons. The van der Waals surface area contributed by atoms with Crippen LogP contribution < -0.4 is 19.7 Å². The number of hydrogen-bond donors (Lipinski definition) is 1. The molecule has 1 N–H and O–H groups in total. The van der Waals surface area contributed by atoms with Gasteiger partial charge in [-0.15, -0.1) is 0 Å². The van der Waals surface area contributed by atoms with Crippen molar-refractivity contribution in [2.45, 2.75) is 19.3 Å². The van der Waals surface area contributed by atoms with Crippen molar-refractivity contribution in [1.29, 1.82) is 0 Å². The first-order valence-electron chi connectivity index (χ1n) is 11.2. The average molecular weight is 538 g/mol. The number of halogens is 6. The number of nitrogens with zero attached hydrogens (tertiary/aromatic N) is 1. The summed E-state index contributed by atoms with van der Waals surface area (Å²) < 4.78 is 89.9. The molecule has 0 atom stereocenters. The van der Waals surface area contributed by atoms with E-state index in [0.717, 1.165) is 5.56 Å². The predicted molar refractivity (Wildman–Crippen MR) is 125 cm³/mol. The summed E-state index contributed by atoms with van der Waals surface area (Å²) in [6.45, 7) is 1.98. The third kappa shape index (κ3) is 6.18. The molecule has 2 amide bonds. The molecular formula is C26H20F6N2O4. The number of alkyl halides is 6. The number of carbonyl (C=O) groups excluding carboxylic acids is 2. The lowest BCUT2D eigenvalue weighted by Gasteiger charge is -2.29. The maximum absolute atomic E-state index is 13.1. The molecule has 0 aromatic heterocycles. The van der Waals surface area contributed by atoms with Crippen LogP contribution in [0, 0.1) is 6.92 Å². The average Bonchev–Trinajstić information content (AvgIpc) is 2.85. The van der Waals surface area contributed by atoms with Gasteiger partial charge >= 0.3 is 12.4 Å². The van der Waals surface area contributed by atoms with Gasteiger partial charge in [0.2, 0.25) is 0 Å². The molecule has 38 heavy (non-hydrogen) atoms. The van der Waals surface area contributed by atoms with Gasteiger partial charge in [0, 0.05) is 17.3 Å². The van der Waals surface area contributed by atoms with Crippen molar-refractivity contribution < 1.29 is 45.4 Å². The van der Waals surface area contributed by atoms with Gasteiger partial charge in [-0.1, -0.05) is 17.7 Å². The molecule has 1 aliphatic rings. The lowest BCUT2D eigenvalue weighted by molar-refractivity contribution is -0.143. The molecule has 0 spiro atoms. The van der Waals surface area contributed by atoms with Gasteiger partial charge in [-0.3, -0.25) is 9.59 Å². The van der Waals surface area contributed by atoms with Crippen LogP contribution in [0.1, 0.15) is 27.0 Å². The molecule has 0 saturated heterocycles. The van der Waals surface area contributed by atoms with Gasteiger partial charge in [0.05, 0.1) is 23.4 Å². The number of amides is 2. The summed E-state index contributed by atoms with van der Waals surface area (Å²) in [5.41, 5.74) is -2.56. The number of aryl methyl sites for hydroxylation is 1. The summed E-state index contributed by atoms with van der Waals surface area (Å²) in [5, 5.41) is 2.28. The summed E-state index contributed by atoms with van der Waals surface area (Å²) in [6, 6.07) is 12.1. The summed E-state index contributed by atoms with van der Waals surface area (Å²) in [5.74, 6) is -0.710. The molecular weight excluding hydrogens is 518 g/mol. The van der Waals surface area contributed by atoms with Crippen LogP contribution in [-0.2, 0) is 17.1 Å². The van der Waals surface area contributed by atoms with E-state index in [2.05, 4.69) is 5.32 Å². The molecule has 0 unspecified atom stereocenters. The first-order chi connectivity index (χ1) is 17.8. The molecule has 200 valence electrons. The quantitative estimate of drug-likeness (QED) is 0.386. The van der Waals surface area contributed by atoms with Gasteiger partial charge in [0.15, 0.2) is 6.61 Å².